The molecule has 0 unspecified atom stereocenters. The molecule has 0 bridgehead atoms. The van der Waals surface area contributed by atoms with Crippen molar-refractivity contribution in [3.8, 4) is 0 Å². The molecule has 0 aliphatic carbocycles. The van der Waals surface area contributed by atoms with E-state index in [1.807, 2.05) is 11.8 Å². The van der Waals surface area contributed by atoms with Crippen molar-refractivity contribution in [2.24, 2.45) is 0 Å². The van der Waals surface area contributed by atoms with Gasteiger partial charge in [-0.05, 0) is 6.92 Å². The van der Waals surface area contributed by atoms with Crippen molar-refractivity contribution < 1.29 is 14.3 Å². The zero-order chi connectivity index (χ0) is 12.6. The van der Waals surface area contributed by atoms with Crippen LogP contribution in [-0.4, -0.2) is 47.9 Å². The summed E-state index contributed by atoms with van der Waals surface area (Å²) in [4.78, 5) is 19.0. The maximum absolute atomic E-state index is 12.3. The fourth-order valence-electron chi connectivity index (χ4n) is 2.49. The Balaban J connectivity index is 1.66. The number of likely N-dealkylation sites (tertiary alicyclic amines) is 1. The second-order valence-corrected chi connectivity index (χ2v) is 5.52. The number of carbonyl (C=O) groups excluding carboxylic acids is 1. The Morgan fingerprint density at radius 2 is 2.06 bits per heavy atom. The van der Waals surface area contributed by atoms with Crippen molar-refractivity contribution in [3.05, 3.63) is 16.1 Å². The van der Waals surface area contributed by atoms with E-state index in [4.69, 9.17) is 9.47 Å². The van der Waals surface area contributed by atoms with Crippen molar-refractivity contribution in [1.82, 2.24) is 9.88 Å². The Kier molecular flexibility index (Phi) is 3.09. The van der Waals surface area contributed by atoms with Crippen LogP contribution in [0.2, 0.25) is 0 Å². The summed E-state index contributed by atoms with van der Waals surface area (Å²) in [5.41, 5.74) is 2.54. The topological polar surface area (TPSA) is 51.7 Å². The van der Waals surface area contributed by atoms with Crippen LogP contribution in [-0.2, 0) is 9.47 Å². The van der Waals surface area contributed by atoms with E-state index in [1.54, 1.807) is 5.51 Å². The molecule has 0 atom stereocenters. The van der Waals surface area contributed by atoms with Gasteiger partial charge >= 0.3 is 0 Å². The maximum Gasteiger partial charge on any atom is 0.265 e. The third-order valence-corrected chi connectivity index (χ3v) is 4.48. The van der Waals surface area contributed by atoms with Gasteiger partial charge in [-0.1, -0.05) is 0 Å². The Bertz CT molecular complexity index is 444. The minimum Gasteiger partial charge on any atom is -0.347 e. The Hall–Kier alpha value is -0.980. The van der Waals surface area contributed by atoms with Crippen LogP contribution < -0.4 is 0 Å². The minimum absolute atomic E-state index is 0.0860. The highest BCUT2D eigenvalue weighted by atomic mass is 32.1. The van der Waals surface area contributed by atoms with Gasteiger partial charge in [-0.3, -0.25) is 4.79 Å². The number of nitrogens with zero attached hydrogens (tertiary/aromatic N) is 2. The van der Waals surface area contributed by atoms with Crippen molar-refractivity contribution >= 4 is 17.2 Å². The van der Waals surface area contributed by atoms with Gasteiger partial charge in [0, 0.05) is 25.9 Å². The summed E-state index contributed by atoms with van der Waals surface area (Å²) in [5.74, 6) is -0.331. The molecule has 1 aromatic heterocycles. The van der Waals surface area contributed by atoms with Crippen molar-refractivity contribution in [1.29, 1.82) is 0 Å². The number of aromatic nitrogens is 1. The third kappa shape index (κ3) is 2.04. The molecule has 2 fully saturated rings. The van der Waals surface area contributed by atoms with Crippen LogP contribution in [0.5, 0.6) is 0 Å². The van der Waals surface area contributed by atoms with Crippen molar-refractivity contribution in [2.45, 2.75) is 25.6 Å². The Morgan fingerprint density at radius 3 is 2.61 bits per heavy atom. The predicted molar refractivity (Wildman–Crippen MR) is 66.6 cm³/mol. The first-order valence-corrected chi connectivity index (χ1v) is 7.05. The van der Waals surface area contributed by atoms with Crippen LogP contribution >= 0.6 is 11.3 Å². The predicted octanol–water partition coefficient (Wildman–Crippen LogP) is 1.43. The van der Waals surface area contributed by atoms with Crippen molar-refractivity contribution in [3.63, 3.8) is 0 Å². The number of amides is 1. The normalized spacial score (nSPS) is 22.6. The number of carbonyl (C=O) groups is 1. The van der Waals surface area contributed by atoms with Crippen LogP contribution in [0.4, 0.5) is 0 Å². The first kappa shape index (κ1) is 12.1. The summed E-state index contributed by atoms with van der Waals surface area (Å²) >= 11 is 1.41. The zero-order valence-corrected chi connectivity index (χ0v) is 11.2. The summed E-state index contributed by atoms with van der Waals surface area (Å²) in [6.45, 7) is 4.59. The number of thiazole rings is 1. The highest BCUT2D eigenvalue weighted by Gasteiger charge is 2.41. The Morgan fingerprint density at radius 1 is 1.39 bits per heavy atom. The molecule has 3 rings (SSSR count). The maximum atomic E-state index is 12.3. The Labute approximate surface area is 110 Å². The second kappa shape index (κ2) is 4.60. The molecule has 2 aliphatic rings. The van der Waals surface area contributed by atoms with E-state index in [-0.39, 0.29) is 5.91 Å². The molecule has 1 aromatic rings. The van der Waals surface area contributed by atoms with Crippen molar-refractivity contribution in [2.75, 3.05) is 26.3 Å². The first-order chi connectivity index (χ1) is 8.70. The number of hydrogen-bond acceptors (Lipinski definition) is 5. The van der Waals surface area contributed by atoms with Gasteiger partial charge in [-0.2, -0.15) is 0 Å². The largest absolute Gasteiger partial charge is 0.347 e. The summed E-state index contributed by atoms with van der Waals surface area (Å²) in [7, 11) is 0. The molecular weight excluding hydrogens is 252 g/mol. The second-order valence-electron chi connectivity index (χ2n) is 4.67. The van der Waals surface area contributed by atoms with E-state index >= 15 is 0 Å². The number of rotatable bonds is 1. The number of piperidine rings is 1. The molecule has 1 spiro atoms. The summed E-state index contributed by atoms with van der Waals surface area (Å²) in [6, 6.07) is 0. The summed E-state index contributed by atoms with van der Waals surface area (Å²) < 4.78 is 11.3. The summed E-state index contributed by atoms with van der Waals surface area (Å²) in [6.07, 6.45) is 1.52. The molecule has 0 N–H and O–H groups in total. The van der Waals surface area contributed by atoms with Crippen LogP contribution in [0.1, 0.15) is 28.2 Å². The lowest BCUT2D eigenvalue weighted by Crippen LogP contribution is -2.47. The average molecular weight is 268 g/mol. The molecule has 0 radical (unpaired) electrons. The molecule has 2 saturated heterocycles. The molecule has 2 aliphatic heterocycles. The molecule has 3 heterocycles. The van der Waals surface area contributed by atoms with Crippen LogP contribution in [0, 0.1) is 6.92 Å². The van der Waals surface area contributed by atoms with Crippen LogP contribution in [0.3, 0.4) is 0 Å². The van der Waals surface area contributed by atoms with Gasteiger partial charge in [0.05, 0.1) is 24.4 Å². The van der Waals surface area contributed by atoms with Crippen LogP contribution in [0.15, 0.2) is 5.51 Å². The number of hydrogen-bond donors (Lipinski definition) is 0. The third-order valence-electron chi connectivity index (χ3n) is 3.57. The van der Waals surface area contributed by atoms with E-state index in [1.165, 1.54) is 11.3 Å². The van der Waals surface area contributed by atoms with Gasteiger partial charge in [0.2, 0.25) is 0 Å². The van der Waals surface area contributed by atoms with Crippen LogP contribution in [0.25, 0.3) is 0 Å². The van der Waals surface area contributed by atoms with E-state index in [9.17, 15) is 4.79 Å². The van der Waals surface area contributed by atoms with Gasteiger partial charge in [0.15, 0.2) is 5.79 Å². The smallest absolute Gasteiger partial charge is 0.265 e. The van der Waals surface area contributed by atoms with Gasteiger partial charge in [0.25, 0.3) is 5.91 Å². The standard InChI is InChI=1S/C12H16N2O3S/c1-9-10(18-8-13-9)11(15)14-4-2-12(3-5-14)16-6-7-17-12/h8H,2-7H2,1H3. The van der Waals surface area contributed by atoms with E-state index < -0.39 is 5.79 Å². The monoisotopic (exact) mass is 268 g/mol. The summed E-state index contributed by atoms with van der Waals surface area (Å²) in [5, 5.41) is 0. The lowest BCUT2D eigenvalue weighted by Gasteiger charge is -2.37. The lowest BCUT2D eigenvalue weighted by atomic mass is 10.0. The quantitative estimate of drug-likeness (QED) is 0.773. The fraction of sp³-hybridized carbons (Fsp3) is 0.667. The van der Waals surface area contributed by atoms with Gasteiger partial charge in [-0.15, -0.1) is 11.3 Å². The van der Waals surface area contributed by atoms with Gasteiger partial charge in [-0.25, -0.2) is 4.98 Å². The zero-order valence-electron chi connectivity index (χ0n) is 10.3. The molecule has 98 valence electrons. The molecule has 0 saturated carbocycles. The number of aryl methyl sites for hydroxylation is 1. The minimum atomic E-state index is -0.417. The van der Waals surface area contributed by atoms with E-state index in [2.05, 4.69) is 4.98 Å². The number of ether oxygens (including phenoxy) is 2. The molecule has 1 amide bonds. The van der Waals surface area contributed by atoms with Gasteiger partial charge < -0.3 is 14.4 Å². The molecular formula is C12H16N2O3S. The lowest BCUT2D eigenvalue weighted by molar-refractivity contribution is -0.181. The van der Waals surface area contributed by atoms with E-state index in [0.29, 0.717) is 26.3 Å². The molecule has 6 heteroatoms. The molecule has 18 heavy (non-hydrogen) atoms. The van der Waals surface area contributed by atoms with E-state index in [0.717, 1.165) is 23.4 Å². The molecule has 5 nitrogen and oxygen atoms in total. The first-order valence-electron chi connectivity index (χ1n) is 6.17. The fourth-order valence-corrected chi connectivity index (χ4v) is 3.26. The van der Waals surface area contributed by atoms with Gasteiger partial charge in [0.1, 0.15) is 4.88 Å². The average Bonchev–Trinajstić information content (AvgIpc) is 2.99. The molecule has 0 aromatic carbocycles. The highest BCUT2D eigenvalue weighted by molar-refractivity contribution is 7.11. The highest BCUT2D eigenvalue weighted by Crippen LogP contribution is 2.32. The SMILES string of the molecule is Cc1ncsc1C(=O)N1CCC2(CC1)OCCO2.